The molecule has 0 saturated carbocycles. The number of benzene rings is 3. The maximum absolute atomic E-state index is 13.0. The second-order valence-corrected chi connectivity index (χ2v) is 9.09. The van der Waals surface area contributed by atoms with Gasteiger partial charge in [0.25, 0.3) is 5.56 Å². The van der Waals surface area contributed by atoms with E-state index in [4.69, 9.17) is 26.4 Å². The van der Waals surface area contributed by atoms with E-state index in [0.29, 0.717) is 35.3 Å². The van der Waals surface area contributed by atoms with Crippen molar-refractivity contribution in [3.63, 3.8) is 0 Å². The predicted molar refractivity (Wildman–Crippen MR) is 144 cm³/mol. The van der Waals surface area contributed by atoms with Crippen molar-refractivity contribution in [2.75, 3.05) is 13.9 Å². The Labute approximate surface area is 214 Å². The third kappa shape index (κ3) is 5.13. The summed E-state index contributed by atoms with van der Waals surface area (Å²) >= 11 is 5.85. The molecule has 1 atom stereocenters. The lowest BCUT2D eigenvalue weighted by Crippen LogP contribution is -2.41. The number of thiocarbonyl (C=S) groups is 1. The summed E-state index contributed by atoms with van der Waals surface area (Å²) in [7, 11) is 1.60. The molecule has 0 amide bonds. The zero-order chi connectivity index (χ0) is 25.1. The molecule has 0 unspecified atom stereocenters. The maximum Gasteiger partial charge on any atom is 0.253 e. The largest absolute Gasteiger partial charge is 0.497 e. The number of methoxy groups -OCH3 is 1. The summed E-state index contributed by atoms with van der Waals surface area (Å²) in [4.78, 5) is 18.0. The summed E-state index contributed by atoms with van der Waals surface area (Å²) in [6.45, 7) is 3.11. The van der Waals surface area contributed by atoms with Crippen LogP contribution in [0.15, 0.2) is 77.6 Å². The molecule has 1 aliphatic rings. The van der Waals surface area contributed by atoms with Crippen molar-refractivity contribution in [2.45, 2.75) is 26.1 Å². The van der Waals surface area contributed by atoms with Crippen LogP contribution in [0.2, 0.25) is 0 Å². The maximum atomic E-state index is 13.0. The summed E-state index contributed by atoms with van der Waals surface area (Å²) in [5.41, 5.74) is 3.30. The van der Waals surface area contributed by atoms with Crippen molar-refractivity contribution in [3.8, 4) is 17.2 Å². The lowest BCUT2D eigenvalue weighted by atomic mass is 10.1. The minimum Gasteiger partial charge on any atom is -0.497 e. The summed E-state index contributed by atoms with van der Waals surface area (Å²) in [5.74, 6) is 2.13. The van der Waals surface area contributed by atoms with Gasteiger partial charge in [-0.15, -0.1) is 0 Å². The minimum atomic E-state index is -0.162. The summed E-state index contributed by atoms with van der Waals surface area (Å²) in [6.07, 6.45) is 0. The Morgan fingerprint density at radius 3 is 2.67 bits per heavy atom. The molecule has 0 bridgehead atoms. The van der Waals surface area contributed by atoms with Crippen LogP contribution in [0.25, 0.3) is 10.9 Å². The Morgan fingerprint density at radius 1 is 1.06 bits per heavy atom. The molecule has 1 aliphatic heterocycles. The van der Waals surface area contributed by atoms with Gasteiger partial charge < -0.3 is 29.4 Å². The van der Waals surface area contributed by atoms with Gasteiger partial charge in [-0.25, -0.2) is 0 Å². The average molecular weight is 502 g/mol. The van der Waals surface area contributed by atoms with Crippen LogP contribution in [0.3, 0.4) is 0 Å². The van der Waals surface area contributed by atoms with E-state index < -0.39 is 0 Å². The van der Waals surface area contributed by atoms with Gasteiger partial charge >= 0.3 is 0 Å². The predicted octanol–water partition coefficient (Wildman–Crippen LogP) is 4.90. The highest BCUT2D eigenvalue weighted by Crippen LogP contribution is 2.33. The van der Waals surface area contributed by atoms with Gasteiger partial charge in [0.2, 0.25) is 6.79 Å². The molecule has 0 radical (unpaired) electrons. The molecule has 184 valence electrons. The SMILES string of the molecule is COc1ccc2cc(CN(Cc3ccc4c(c3)OCO4)C(=S)N[C@@H](C)c3ccccc3)c(=O)[nH]c2c1. The molecule has 0 spiro atoms. The van der Waals surface area contributed by atoms with Crippen LogP contribution in [-0.4, -0.2) is 28.9 Å². The molecule has 36 heavy (non-hydrogen) atoms. The van der Waals surface area contributed by atoms with Gasteiger partial charge in [-0.3, -0.25) is 4.79 Å². The molecule has 3 aromatic carbocycles. The van der Waals surface area contributed by atoms with Crippen LogP contribution >= 0.6 is 12.2 Å². The van der Waals surface area contributed by atoms with Crippen LogP contribution in [0.5, 0.6) is 17.2 Å². The van der Waals surface area contributed by atoms with Gasteiger partial charge in [-0.05, 0) is 66.0 Å². The lowest BCUT2D eigenvalue weighted by Gasteiger charge is -2.28. The Balaban J connectivity index is 1.43. The number of H-pyrrole nitrogens is 1. The number of fused-ring (bicyclic) bond motifs is 2. The van der Waals surface area contributed by atoms with E-state index in [1.807, 2.05) is 65.6 Å². The van der Waals surface area contributed by atoms with E-state index in [0.717, 1.165) is 27.8 Å². The Morgan fingerprint density at radius 2 is 1.86 bits per heavy atom. The topological polar surface area (TPSA) is 75.8 Å². The Hall–Kier alpha value is -4.04. The molecule has 4 aromatic rings. The standard InChI is InChI=1S/C28H27N3O4S/c1-18(20-6-4-3-5-7-20)29-28(36)31(15-19-8-11-25-26(12-19)35-17-34-25)16-22-13-21-9-10-23(33-2)14-24(21)30-27(22)32/h3-14,18H,15-17H2,1-2H3,(H,29,36)(H,30,32)/t18-/m0/s1. The van der Waals surface area contributed by atoms with Gasteiger partial charge in [0.05, 0.1) is 25.2 Å². The fraction of sp³-hybridized carbons (Fsp3) is 0.214. The molecule has 0 saturated heterocycles. The molecule has 2 N–H and O–H groups in total. The van der Waals surface area contributed by atoms with Crippen molar-refractivity contribution >= 4 is 28.2 Å². The Kier molecular flexibility index (Phi) is 6.77. The van der Waals surface area contributed by atoms with Crippen LogP contribution in [0.1, 0.15) is 29.7 Å². The average Bonchev–Trinajstić information content (AvgIpc) is 3.37. The molecule has 1 aromatic heterocycles. The van der Waals surface area contributed by atoms with Gasteiger partial charge in [0, 0.05) is 18.2 Å². The van der Waals surface area contributed by atoms with Crippen LogP contribution in [0, 0.1) is 0 Å². The van der Waals surface area contributed by atoms with E-state index in [9.17, 15) is 4.79 Å². The third-order valence-corrected chi connectivity index (χ3v) is 6.60. The normalized spacial score (nSPS) is 12.8. The lowest BCUT2D eigenvalue weighted by molar-refractivity contribution is 0.174. The van der Waals surface area contributed by atoms with Crippen LogP contribution in [-0.2, 0) is 13.1 Å². The van der Waals surface area contributed by atoms with Gasteiger partial charge in [0.15, 0.2) is 16.6 Å². The van der Waals surface area contributed by atoms with E-state index >= 15 is 0 Å². The number of hydrogen-bond donors (Lipinski definition) is 2. The smallest absolute Gasteiger partial charge is 0.253 e. The first kappa shape index (κ1) is 23.7. The second-order valence-electron chi connectivity index (χ2n) is 8.70. The third-order valence-electron chi connectivity index (χ3n) is 6.23. The Bertz CT molecular complexity index is 1450. The van der Waals surface area contributed by atoms with Crippen molar-refractivity contribution < 1.29 is 14.2 Å². The highest BCUT2D eigenvalue weighted by atomic mass is 32.1. The van der Waals surface area contributed by atoms with Crippen LogP contribution in [0.4, 0.5) is 0 Å². The van der Waals surface area contributed by atoms with Crippen molar-refractivity contribution in [3.05, 3.63) is 99.8 Å². The molecule has 5 rings (SSSR count). The number of ether oxygens (including phenoxy) is 3. The first-order valence-electron chi connectivity index (χ1n) is 11.7. The number of nitrogens with zero attached hydrogens (tertiary/aromatic N) is 1. The quantitative estimate of drug-likeness (QED) is 0.349. The van der Waals surface area contributed by atoms with E-state index in [1.165, 1.54) is 0 Å². The van der Waals surface area contributed by atoms with Crippen molar-refractivity contribution in [1.29, 1.82) is 0 Å². The fourth-order valence-electron chi connectivity index (χ4n) is 4.24. The molecule has 8 heteroatoms. The summed E-state index contributed by atoms with van der Waals surface area (Å²) in [6, 6.07) is 23.5. The van der Waals surface area contributed by atoms with Gasteiger partial charge in [0.1, 0.15) is 5.75 Å². The monoisotopic (exact) mass is 501 g/mol. The first-order chi connectivity index (χ1) is 17.5. The number of hydrogen-bond acceptors (Lipinski definition) is 5. The van der Waals surface area contributed by atoms with E-state index in [2.05, 4.69) is 29.4 Å². The molecular weight excluding hydrogens is 474 g/mol. The first-order valence-corrected chi connectivity index (χ1v) is 12.1. The number of aromatic nitrogens is 1. The number of aromatic amines is 1. The zero-order valence-electron chi connectivity index (χ0n) is 20.1. The molecule has 7 nitrogen and oxygen atoms in total. The fourth-order valence-corrected chi connectivity index (χ4v) is 4.54. The summed E-state index contributed by atoms with van der Waals surface area (Å²) in [5, 5.41) is 4.91. The van der Waals surface area contributed by atoms with E-state index in [-0.39, 0.29) is 18.4 Å². The molecule has 2 heterocycles. The van der Waals surface area contributed by atoms with Crippen molar-refractivity contribution in [2.24, 2.45) is 0 Å². The number of pyridine rings is 1. The molecule has 0 fully saturated rings. The van der Waals surface area contributed by atoms with E-state index in [1.54, 1.807) is 7.11 Å². The highest BCUT2D eigenvalue weighted by molar-refractivity contribution is 7.80. The highest BCUT2D eigenvalue weighted by Gasteiger charge is 2.19. The minimum absolute atomic E-state index is 0.000284. The summed E-state index contributed by atoms with van der Waals surface area (Å²) < 4.78 is 16.3. The molecular formula is C28H27N3O4S. The second kappa shape index (κ2) is 10.3. The van der Waals surface area contributed by atoms with Crippen LogP contribution < -0.4 is 25.1 Å². The number of nitrogens with one attached hydrogen (secondary N) is 2. The van der Waals surface area contributed by atoms with Gasteiger partial charge in [-0.2, -0.15) is 0 Å². The molecule has 0 aliphatic carbocycles. The van der Waals surface area contributed by atoms with Crippen molar-refractivity contribution in [1.82, 2.24) is 15.2 Å². The number of rotatable bonds is 7. The zero-order valence-corrected chi connectivity index (χ0v) is 20.9. The van der Waals surface area contributed by atoms with Gasteiger partial charge in [-0.1, -0.05) is 36.4 Å².